The van der Waals surface area contributed by atoms with Crippen LogP contribution in [0.2, 0.25) is 0 Å². The van der Waals surface area contributed by atoms with Crippen molar-refractivity contribution in [1.29, 1.82) is 0 Å². The summed E-state index contributed by atoms with van der Waals surface area (Å²) in [4.78, 5) is 4.10. The minimum atomic E-state index is -3.14. The number of guanidine groups is 1. The van der Waals surface area contributed by atoms with Gasteiger partial charge in [0.1, 0.15) is 0 Å². The number of halogens is 1. The van der Waals surface area contributed by atoms with Crippen molar-refractivity contribution in [3.8, 4) is 0 Å². The molecule has 0 saturated heterocycles. The van der Waals surface area contributed by atoms with E-state index in [0.29, 0.717) is 25.0 Å². The van der Waals surface area contributed by atoms with Gasteiger partial charge < -0.3 is 10.6 Å². The van der Waals surface area contributed by atoms with Crippen LogP contribution in [0.15, 0.2) is 35.3 Å². The Morgan fingerprint density at radius 2 is 1.82 bits per heavy atom. The highest BCUT2D eigenvalue weighted by atomic mass is 127. The normalized spacial score (nSPS) is 13.1. The summed E-state index contributed by atoms with van der Waals surface area (Å²) >= 11 is 0. The van der Waals surface area contributed by atoms with Crippen LogP contribution >= 0.6 is 24.0 Å². The molecule has 1 aromatic rings. The third-order valence-corrected chi connectivity index (χ3v) is 3.68. The lowest BCUT2D eigenvalue weighted by molar-refractivity contribution is 0.586. The quantitative estimate of drug-likeness (QED) is 0.257. The number of rotatable bonds is 7. The zero-order valence-corrected chi connectivity index (χ0v) is 16.3. The van der Waals surface area contributed by atoms with E-state index in [1.165, 1.54) is 5.56 Å². The summed E-state index contributed by atoms with van der Waals surface area (Å²) in [5, 5.41) is 6.29. The Bertz CT molecular complexity index is 549. The van der Waals surface area contributed by atoms with Gasteiger partial charge in [-0.1, -0.05) is 37.3 Å². The van der Waals surface area contributed by atoms with Crippen LogP contribution in [0.5, 0.6) is 0 Å². The van der Waals surface area contributed by atoms with E-state index in [4.69, 9.17) is 0 Å². The summed E-state index contributed by atoms with van der Waals surface area (Å²) in [5.74, 6) is 1.02. The van der Waals surface area contributed by atoms with Crippen LogP contribution in [0, 0.1) is 0 Å². The minimum Gasteiger partial charge on any atom is -0.356 e. The van der Waals surface area contributed by atoms with Gasteiger partial charge in [-0.2, -0.15) is 0 Å². The molecule has 0 spiro atoms. The average Bonchev–Trinajstić information content (AvgIpc) is 2.46. The third kappa shape index (κ3) is 9.21. The molecule has 0 aliphatic heterocycles. The van der Waals surface area contributed by atoms with Crippen LogP contribution in [-0.2, 0) is 10.0 Å². The highest BCUT2D eigenvalue weighted by molar-refractivity contribution is 14.0. The predicted molar refractivity (Wildman–Crippen MR) is 102 cm³/mol. The molecule has 0 fully saturated rings. The van der Waals surface area contributed by atoms with Gasteiger partial charge in [0.25, 0.3) is 0 Å². The monoisotopic (exact) mass is 440 g/mol. The number of aliphatic imine (C=N–C) groups is 1. The van der Waals surface area contributed by atoms with E-state index in [9.17, 15) is 8.42 Å². The zero-order valence-electron chi connectivity index (χ0n) is 13.2. The van der Waals surface area contributed by atoms with Gasteiger partial charge in [0.05, 0.1) is 6.26 Å². The van der Waals surface area contributed by atoms with Crippen molar-refractivity contribution >= 4 is 40.0 Å². The van der Waals surface area contributed by atoms with E-state index in [0.717, 1.165) is 12.8 Å². The van der Waals surface area contributed by atoms with E-state index in [2.05, 4.69) is 39.4 Å². The van der Waals surface area contributed by atoms with Crippen molar-refractivity contribution in [2.45, 2.75) is 12.8 Å². The lowest BCUT2D eigenvalue weighted by Crippen LogP contribution is -2.42. The summed E-state index contributed by atoms with van der Waals surface area (Å²) in [6, 6.07) is 10.2. The molecule has 3 N–H and O–H groups in total. The van der Waals surface area contributed by atoms with E-state index in [-0.39, 0.29) is 24.0 Å². The fourth-order valence-corrected chi connectivity index (χ4v) is 2.26. The second-order valence-corrected chi connectivity index (χ2v) is 6.69. The maximum atomic E-state index is 10.9. The van der Waals surface area contributed by atoms with Crippen molar-refractivity contribution in [3.63, 3.8) is 0 Å². The molecule has 1 rings (SSSR count). The molecule has 1 atom stereocenters. The third-order valence-electron chi connectivity index (χ3n) is 2.95. The number of hydrogen-bond donors (Lipinski definition) is 3. The molecule has 1 unspecified atom stereocenters. The van der Waals surface area contributed by atoms with Gasteiger partial charge in [-0.3, -0.25) is 4.99 Å². The van der Waals surface area contributed by atoms with Crippen molar-refractivity contribution in [1.82, 2.24) is 15.4 Å². The first-order valence-electron chi connectivity index (χ1n) is 6.86. The van der Waals surface area contributed by atoms with Crippen LogP contribution in [-0.4, -0.2) is 47.3 Å². The van der Waals surface area contributed by atoms with Gasteiger partial charge in [0.2, 0.25) is 10.0 Å². The number of hydrogen-bond acceptors (Lipinski definition) is 3. The van der Waals surface area contributed by atoms with E-state index in [1.807, 2.05) is 18.2 Å². The summed E-state index contributed by atoms with van der Waals surface area (Å²) in [7, 11) is -1.45. The second-order valence-electron chi connectivity index (χ2n) is 4.86. The zero-order chi connectivity index (χ0) is 15.7. The first-order valence-corrected chi connectivity index (χ1v) is 8.75. The minimum absolute atomic E-state index is 0. The number of nitrogens with zero attached hydrogens (tertiary/aromatic N) is 1. The Morgan fingerprint density at radius 3 is 2.36 bits per heavy atom. The van der Waals surface area contributed by atoms with Gasteiger partial charge in [-0.25, -0.2) is 13.1 Å². The molecule has 0 bridgehead atoms. The topological polar surface area (TPSA) is 82.6 Å². The fourth-order valence-electron chi connectivity index (χ4n) is 1.79. The molecule has 0 aliphatic carbocycles. The van der Waals surface area contributed by atoms with Crippen LogP contribution < -0.4 is 15.4 Å². The summed E-state index contributed by atoms with van der Waals surface area (Å²) in [5.41, 5.74) is 1.26. The molecule has 1 aromatic carbocycles. The largest absolute Gasteiger partial charge is 0.356 e. The van der Waals surface area contributed by atoms with Gasteiger partial charge in [0, 0.05) is 26.7 Å². The van der Waals surface area contributed by atoms with Crippen molar-refractivity contribution in [2.24, 2.45) is 4.99 Å². The Labute approximate surface area is 150 Å². The Morgan fingerprint density at radius 1 is 1.18 bits per heavy atom. The van der Waals surface area contributed by atoms with Gasteiger partial charge >= 0.3 is 0 Å². The average molecular weight is 440 g/mol. The summed E-state index contributed by atoms with van der Waals surface area (Å²) < 4.78 is 24.3. The molecule has 8 heteroatoms. The second kappa shape index (κ2) is 10.8. The number of nitrogens with one attached hydrogen (secondary N) is 3. The molecule has 0 radical (unpaired) electrons. The predicted octanol–water partition coefficient (Wildman–Crippen LogP) is 1.12. The van der Waals surface area contributed by atoms with Gasteiger partial charge in [-0.05, 0) is 11.5 Å². The van der Waals surface area contributed by atoms with Gasteiger partial charge in [0.15, 0.2) is 5.96 Å². The molecule has 6 nitrogen and oxygen atoms in total. The highest BCUT2D eigenvalue weighted by Crippen LogP contribution is 2.12. The molecule has 0 saturated carbocycles. The lowest BCUT2D eigenvalue weighted by atomic mass is 10.0. The van der Waals surface area contributed by atoms with Crippen molar-refractivity contribution in [3.05, 3.63) is 35.9 Å². The van der Waals surface area contributed by atoms with Crippen molar-refractivity contribution in [2.75, 3.05) is 32.9 Å². The SMILES string of the molecule is CN=C(NCCNS(C)(=O)=O)NCC(C)c1ccccc1.I. The molecular formula is C14H25IN4O2S. The molecule has 22 heavy (non-hydrogen) atoms. The molecule has 0 heterocycles. The Hall–Kier alpha value is -0.870. The molecular weight excluding hydrogens is 415 g/mol. The lowest BCUT2D eigenvalue weighted by Gasteiger charge is -2.16. The Kier molecular flexibility index (Phi) is 10.4. The van der Waals surface area contributed by atoms with Crippen LogP contribution in [0.4, 0.5) is 0 Å². The van der Waals surface area contributed by atoms with Crippen LogP contribution in [0.25, 0.3) is 0 Å². The standard InChI is InChI=1S/C14H24N4O2S.HI/c1-12(13-7-5-4-6-8-13)11-17-14(15-2)16-9-10-18-21(3,19)20;/h4-8,12,18H,9-11H2,1-3H3,(H2,15,16,17);1H. The maximum Gasteiger partial charge on any atom is 0.208 e. The van der Waals surface area contributed by atoms with Crippen LogP contribution in [0.1, 0.15) is 18.4 Å². The van der Waals surface area contributed by atoms with Gasteiger partial charge in [-0.15, -0.1) is 24.0 Å². The van der Waals surface area contributed by atoms with E-state index in [1.54, 1.807) is 7.05 Å². The van der Waals surface area contributed by atoms with Crippen molar-refractivity contribution < 1.29 is 8.42 Å². The van der Waals surface area contributed by atoms with E-state index >= 15 is 0 Å². The number of sulfonamides is 1. The Balaban J connectivity index is 0.00000441. The first-order chi connectivity index (χ1) is 9.92. The number of benzene rings is 1. The van der Waals surface area contributed by atoms with Crippen LogP contribution in [0.3, 0.4) is 0 Å². The first kappa shape index (κ1) is 21.1. The molecule has 0 aliphatic rings. The molecule has 0 aromatic heterocycles. The summed E-state index contributed by atoms with van der Waals surface area (Å²) in [6.07, 6.45) is 1.14. The summed E-state index contributed by atoms with van der Waals surface area (Å²) in [6.45, 7) is 3.70. The van der Waals surface area contributed by atoms with E-state index < -0.39 is 10.0 Å². The smallest absolute Gasteiger partial charge is 0.208 e. The molecule has 126 valence electrons. The maximum absolute atomic E-state index is 10.9. The molecule has 0 amide bonds. The highest BCUT2D eigenvalue weighted by Gasteiger charge is 2.06. The fraction of sp³-hybridized carbons (Fsp3) is 0.500.